The van der Waals surface area contributed by atoms with Gasteiger partial charge in [0.05, 0.1) is 23.5 Å². The summed E-state index contributed by atoms with van der Waals surface area (Å²) >= 11 is 0. The van der Waals surface area contributed by atoms with Crippen molar-refractivity contribution in [1.29, 1.82) is 0 Å². The van der Waals surface area contributed by atoms with Crippen molar-refractivity contribution in [2.24, 2.45) is 0 Å². The van der Waals surface area contributed by atoms with E-state index in [9.17, 15) is 0 Å². The molecule has 0 aliphatic heterocycles. The molecule has 0 radical (unpaired) electrons. The minimum atomic E-state index is 0.345. The van der Waals surface area contributed by atoms with Gasteiger partial charge in [0.15, 0.2) is 11.5 Å². The SMILES string of the molecule is c1cn2cc(-c3ccc4cn[nH]c4c3)nc(Nc3ccc(OC4CCCCC4)cc3)c2n1. The van der Waals surface area contributed by atoms with Gasteiger partial charge in [0.1, 0.15) is 5.75 Å². The number of hydrogen-bond acceptors (Lipinski definition) is 5. The number of anilines is 2. The van der Waals surface area contributed by atoms with Crippen LogP contribution in [-0.4, -0.2) is 30.7 Å². The summed E-state index contributed by atoms with van der Waals surface area (Å²) in [6.07, 6.45) is 14.0. The molecule has 7 heteroatoms. The van der Waals surface area contributed by atoms with E-state index in [1.165, 1.54) is 19.3 Å². The van der Waals surface area contributed by atoms with Crippen molar-refractivity contribution in [3.63, 3.8) is 0 Å². The van der Waals surface area contributed by atoms with Gasteiger partial charge in [-0.1, -0.05) is 18.6 Å². The van der Waals surface area contributed by atoms with Crippen molar-refractivity contribution in [1.82, 2.24) is 24.6 Å². The number of benzene rings is 2. The van der Waals surface area contributed by atoms with Crippen molar-refractivity contribution >= 4 is 28.1 Å². The van der Waals surface area contributed by atoms with E-state index in [1.54, 1.807) is 6.20 Å². The number of hydrogen-bond donors (Lipinski definition) is 2. The summed E-state index contributed by atoms with van der Waals surface area (Å²) < 4.78 is 8.14. The first kappa shape index (κ1) is 18.9. The fourth-order valence-corrected chi connectivity index (χ4v) is 4.38. The zero-order chi connectivity index (χ0) is 21.3. The number of fused-ring (bicyclic) bond motifs is 2. The second kappa shape index (κ2) is 8.00. The minimum Gasteiger partial charge on any atom is -0.490 e. The molecule has 7 nitrogen and oxygen atoms in total. The summed E-state index contributed by atoms with van der Waals surface area (Å²) in [7, 11) is 0. The van der Waals surface area contributed by atoms with E-state index in [4.69, 9.17) is 9.72 Å². The molecule has 0 unspecified atom stereocenters. The molecule has 5 aromatic rings. The zero-order valence-electron chi connectivity index (χ0n) is 17.7. The van der Waals surface area contributed by atoms with Crippen LogP contribution in [0.1, 0.15) is 32.1 Å². The van der Waals surface area contributed by atoms with Crippen LogP contribution in [0, 0.1) is 0 Å². The monoisotopic (exact) mass is 424 g/mol. The Morgan fingerprint density at radius 3 is 2.78 bits per heavy atom. The highest BCUT2D eigenvalue weighted by Crippen LogP contribution is 2.28. The minimum absolute atomic E-state index is 0.345. The lowest BCUT2D eigenvalue weighted by Crippen LogP contribution is -2.19. The van der Waals surface area contributed by atoms with Gasteiger partial charge in [-0.2, -0.15) is 5.10 Å². The van der Waals surface area contributed by atoms with Crippen molar-refractivity contribution in [3.8, 4) is 17.0 Å². The van der Waals surface area contributed by atoms with Crippen molar-refractivity contribution < 1.29 is 4.74 Å². The van der Waals surface area contributed by atoms with Crippen molar-refractivity contribution in [2.75, 3.05) is 5.32 Å². The summed E-state index contributed by atoms with van der Waals surface area (Å²) in [5.74, 6) is 1.63. The van der Waals surface area contributed by atoms with E-state index in [0.29, 0.717) is 11.9 Å². The molecule has 0 saturated heterocycles. The van der Waals surface area contributed by atoms with Gasteiger partial charge in [-0.15, -0.1) is 0 Å². The second-order valence-corrected chi connectivity index (χ2v) is 8.33. The van der Waals surface area contributed by atoms with Gasteiger partial charge in [0.2, 0.25) is 0 Å². The molecule has 6 rings (SSSR count). The molecule has 0 bridgehead atoms. The molecule has 0 spiro atoms. The van der Waals surface area contributed by atoms with Gasteiger partial charge >= 0.3 is 0 Å². The standard InChI is InChI=1S/C25H24N6O/c1-2-4-20(5-3-1)32-21-10-8-19(9-11-21)28-24-25-26-12-13-31(25)16-23(29-24)17-6-7-18-15-27-30-22(18)14-17/h6-16,20H,1-5H2,(H,27,30)(H,28,29). The molecule has 1 aliphatic rings. The summed E-state index contributed by atoms with van der Waals surface area (Å²) in [4.78, 5) is 9.37. The van der Waals surface area contributed by atoms with Crippen LogP contribution in [-0.2, 0) is 0 Å². The number of nitrogens with one attached hydrogen (secondary N) is 2. The predicted octanol–water partition coefficient (Wildman–Crippen LogP) is 5.73. The lowest BCUT2D eigenvalue weighted by Gasteiger charge is -2.23. The first-order chi connectivity index (χ1) is 15.8. The molecule has 32 heavy (non-hydrogen) atoms. The lowest BCUT2D eigenvalue weighted by atomic mass is 9.98. The molecule has 0 atom stereocenters. The molecule has 2 aromatic carbocycles. The molecular weight excluding hydrogens is 400 g/mol. The Labute approximate surface area is 185 Å². The largest absolute Gasteiger partial charge is 0.490 e. The average Bonchev–Trinajstić information content (AvgIpc) is 3.50. The molecule has 1 saturated carbocycles. The number of ether oxygens (including phenoxy) is 1. The third-order valence-electron chi connectivity index (χ3n) is 6.08. The number of nitrogens with zero attached hydrogens (tertiary/aromatic N) is 4. The molecular formula is C25H24N6O. The maximum Gasteiger partial charge on any atom is 0.180 e. The fraction of sp³-hybridized carbons (Fsp3) is 0.240. The predicted molar refractivity (Wildman–Crippen MR) is 125 cm³/mol. The Morgan fingerprint density at radius 2 is 1.91 bits per heavy atom. The first-order valence-electron chi connectivity index (χ1n) is 11.1. The Kier molecular flexibility index (Phi) is 4.71. The third kappa shape index (κ3) is 3.66. The van der Waals surface area contributed by atoms with E-state index in [-0.39, 0.29) is 0 Å². The molecule has 1 fully saturated rings. The van der Waals surface area contributed by atoms with Crippen LogP contribution in [0.25, 0.3) is 27.8 Å². The van der Waals surface area contributed by atoms with Crippen LogP contribution in [0.4, 0.5) is 11.5 Å². The average molecular weight is 425 g/mol. The maximum absolute atomic E-state index is 6.16. The summed E-state index contributed by atoms with van der Waals surface area (Å²) in [6, 6.07) is 14.3. The van der Waals surface area contributed by atoms with Gasteiger partial charge in [-0.25, -0.2) is 9.97 Å². The Bertz CT molecular complexity index is 1360. The smallest absolute Gasteiger partial charge is 0.180 e. The molecule has 3 aromatic heterocycles. The first-order valence-corrected chi connectivity index (χ1v) is 11.1. The third-order valence-corrected chi connectivity index (χ3v) is 6.08. The van der Waals surface area contributed by atoms with E-state index in [1.807, 2.05) is 53.3 Å². The molecule has 1 aliphatic carbocycles. The molecule has 160 valence electrons. The molecule has 2 N–H and O–H groups in total. The van der Waals surface area contributed by atoms with Crippen molar-refractivity contribution in [3.05, 3.63) is 67.3 Å². The maximum atomic E-state index is 6.16. The van der Waals surface area contributed by atoms with Gasteiger partial charge in [-0.3, -0.25) is 5.10 Å². The Morgan fingerprint density at radius 1 is 1.03 bits per heavy atom. The van der Waals surface area contributed by atoms with Crippen LogP contribution >= 0.6 is 0 Å². The summed E-state index contributed by atoms with van der Waals surface area (Å²) in [6.45, 7) is 0. The highest BCUT2D eigenvalue weighted by molar-refractivity contribution is 5.84. The van der Waals surface area contributed by atoms with Crippen LogP contribution in [0.15, 0.2) is 67.3 Å². The van der Waals surface area contributed by atoms with Crippen LogP contribution in [0.3, 0.4) is 0 Å². The quantitative estimate of drug-likeness (QED) is 0.377. The van der Waals surface area contributed by atoms with Gasteiger partial charge in [0.25, 0.3) is 0 Å². The van der Waals surface area contributed by atoms with Crippen molar-refractivity contribution in [2.45, 2.75) is 38.2 Å². The van der Waals surface area contributed by atoms with E-state index in [0.717, 1.165) is 52.1 Å². The topological polar surface area (TPSA) is 80.1 Å². The van der Waals surface area contributed by atoms with Gasteiger partial charge < -0.3 is 14.5 Å². The number of aromatic nitrogens is 5. The van der Waals surface area contributed by atoms with Crippen LogP contribution in [0.2, 0.25) is 0 Å². The zero-order valence-corrected chi connectivity index (χ0v) is 17.7. The Balaban J connectivity index is 1.28. The summed E-state index contributed by atoms with van der Waals surface area (Å²) in [5.41, 5.74) is 4.57. The number of aromatic amines is 1. The highest BCUT2D eigenvalue weighted by atomic mass is 16.5. The van der Waals surface area contributed by atoms with E-state index < -0.39 is 0 Å². The molecule has 0 amide bonds. The van der Waals surface area contributed by atoms with E-state index >= 15 is 0 Å². The van der Waals surface area contributed by atoms with Gasteiger partial charge in [-0.05, 0) is 56.0 Å². The second-order valence-electron chi connectivity index (χ2n) is 8.33. The molecule has 3 heterocycles. The highest BCUT2D eigenvalue weighted by Gasteiger charge is 2.15. The number of H-pyrrole nitrogens is 1. The number of rotatable bonds is 5. The normalized spacial score (nSPS) is 14.8. The van der Waals surface area contributed by atoms with Crippen LogP contribution in [0.5, 0.6) is 5.75 Å². The fourth-order valence-electron chi connectivity index (χ4n) is 4.38. The van der Waals surface area contributed by atoms with E-state index in [2.05, 4.69) is 32.6 Å². The Hall–Kier alpha value is -3.87. The number of imidazole rings is 1. The van der Waals surface area contributed by atoms with Crippen LogP contribution < -0.4 is 10.1 Å². The van der Waals surface area contributed by atoms with Gasteiger partial charge in [0, 0.05) is 35.2 Å². The summed E-state index contributed by atoms with van der Waals surface area (Å²) in [5, 5.41) is 11.6. The lowest BCUT2D eigenvalue weighted by molar-refractivity contribution is 0.155.